The number of hydrogen-bond donors (Lipinski definition) is 1. The summed E-state index contributed by atoms with van der Waals surface area (Å²) in [6.07, 6.45) is 0. The van der Waals surface area contributed by atoms with Crippen LogP contribution in [-0.4, -0.2) is 18.9 Å². The Labute approximate surface area is 126 Å². The molecule has 22 heavy (non-hydrogen) atoms. The summed E-state index contributed by atoms with van der Waals surface area (Å²) in [5.74, 6) is -1.79. The van der Waals surface area contributed by atoms with Crippen LogP contribution in [0.3, 0.4) is 0 Å². The maximum Gasteiger partial charge on any atom is 0.255 e. The van der Waals surface area contributed by atoms with Crippen LogP contribution in [0.4, 0.5) is 20.2 Å². The predicted octanol–water partition coefficient (Wildman–Crippen LogP) is 3.20. The van der Waals surface area contributed by atoms with Gasteiger partial charge in [-0.3, -0.25) is 9.59 Å². The maximum absolute atomic E-state index is 13.4. The largest absolute Gasteiger partial charge is 0.320 e. The van der Waals surface area contributed by atoms with E-state index in [4.69, 9.17) is 0 Å². The molecule has 0 saturated carbocycles. The van der Waals surface area contributed by atoms with Crippen LogP contribution >= 0.6 is 0 Å². The average molecular weight is 304 g/mol. The van der Waals surface area contributed by atoms with E-state index in [2.05, 4.69) is 5.32 Å². The van der Waals surface area contributed by atoms with Gasteiger partial charge in [0.25, 0.3) is 5.91 Å². The van der Waals surface area contributed by atoms with Crippen molar-refractivity contribution in [3.8, 4) is 0 Å². The first-order valence-corrected chi connectivity index (χ1v) is 6.49. The zero-order valence-electron chi connectivity index (χ0n) is 12.1. The van der Waals surface area contributed by atoms with Crippen molar-refractivity contribution in [2.24, 2.45) is 0 Å². The average Bonchev–Trinajstić information content (AvgIpc) is 2.47. The van der Waals surface area contributed by atoms with Crippen molar-refractivity contribution < 1.29 is 18.4 Å². The Morgan fingerprint density at radius 3 is 2.18 bits per heavy atom. The summed E-state index contributed by atoms with van der Waals surface area (Å²) in [5, 5.41) is 2.53. The van der Waals surface area contributed by atoms with E-state index < -0.39 is 17.5 Å². The minimum absolute atomic E-state index is 0.159. The lowest BCUT2D eigenvalue weighted by Gasteiger charge is -2.19. The highest BCUT2D eigenvalue weighted by Crippen LogP contribution is 2.26. The van der Waals surface area contributed by atoms with Crippen LogP contribution < -0.4 is 10.2 Å². The highest BCUT2D eigenvalue weighted by atomic mass is 19.1. The molecule has 0 aliphatic heterocycles. The van der Waals surface area contributed by atoms with Gasteiger partial charge >= 0.3 is 0 Å². The fourth-order valence-corrected chi connectivity index (χ4v) is 1.87. The van der Waals surface area contributed by atoms with E-state index in [0.29, 0.717) is 5.69 Å². The number of halogens is 2. The van der Waals surface area contributed by atoms with Crippen molar-refractivity contribution in [1.29, 1.82) is 0 Å². The minimum atomic E-state index is -0.546. The molecule has 0 aliphatic rings. The molecule has 0 radical (unpaired) electrons. The van der Waals surface area contributed by atoms with E-state index in [0.717, 1.165) is 18.2 Å². The normalized spacial score (nSPS) is 10.2. The predicted molar refractivity (Wildman–Crippen MR) is 79.8 cm³/mol. The molecule has 0 aliphatic carbocycles. The number of hydrogen-bond acceptors (Lipinski definition) is 2. The molecule has 1 N–H and O–H groups in total. The van der Waals surface area contributed by atoms with E-state index in [9.17, 15) is 18.4 Å². The van der Waals surface area contributed by atoms with Crippen LogP contribution in [0.15, 0.2) is 42.5 Å². The zero-order chi connectivity index (χ0) is 16.3. The zero-order valence-corrected chi connectivity index (χ0v) is 12.1. The molecule has 0 spiro atoms. The van der Waals surface area contributed by atoms with Gasteiger partial charge in [-0.15, -0.1) is 0 Å². The Morgan fingerprint density at radius 1 is 1.00 bits per heavy atom. The SMILES string of the molecule is CC(=O)N(C)c1ccc(F)cc1NC(=O)c1ccc(F)cc1. The van der Waals surface area contributed by atoms with Gasteiger partial charge in [0.2, 0.25) is 5.91 Å². The van der Waals surface area contributed by atoms with Crippen LogP contribution in [0.2, 0.25) is 0 Å². The molecule has 2 aromatic rings. The number of anilines is 2. The molecule has 0 heterocycles. The van der Waals surface area contributed by atoms with Crippen LogP contribution in [0.1, 0.15) is 17.3 Å². The van der Waals surface area contributed by atoms with Gasteiger partial charge < -0.3 is 10.2 Å². The van der Waals surface area contributed by atoms with Gasteiger partial charge in [0.05, 0.1) is 11.4 Å². The second-order valence-corrected chi connectivity index (χ2v) is 4.70. The minimum Gasteiger partial charge on any atom is -0.320 e. The lowest BCUT2D eigenvalue weighted by Crippen LogP contribution is -2.25. The topological polar surface area (TPSA) is 49.4 Å². The summed E-state index contributed by atoms with van der Waals surface area (Å²) in [7, 11) is 1.52. The van der Waals surface area contributed by atoms with Crippen molar-refractivity contribution >= 4 is 23.2 Å². The van der Waals surface area contributed by atoms with Gasteiger partial charge in [-0.25, -0.2) is 8.78 Å². The lowest BCUT2D eigenvalue weighted by atomic mass is 10.2. The third-order valence-electron chi connectivity index (χ3n) is 3.15. The molecule has 2 rings (SSSR count). The molecule has 0 fully saturated rings. The summed E-state index contributed by atoms with van der Waals surface area (Å²) in [6, 6.07) is 8.67. The van der Waals surface area contributed by atoms with Crippen molar-refractivity contribution in [1.82, 2.24) is 0 Å². The number of nitrogens with one attached hydrogen (secondary N) is 1. The van der Waals surface area contributed by atoms with Gasteiger partial charge in [0, 0.05) is 19.5 Å². The first-order chi connectivity index (χ1) is 10.4. The standard InChI is InChI=1S/C16H14F2N2O2/c1-10(21)20(2)15-8-7-13(18)9-14(15)19-16(22)11-3-5-12(17)6-4-11/h3-9H,1-2H3,(H,19,22). The van der Waals surface area contributed by atoms with Crippen LogP contribution in [-0.2, 0) is 4.79 Å². The molecule has 0 saturated heterocycles. The van der Waals surface area contributed by atoms with Gasteiger partial charge in [-0.05, 0) is 42.5 Å². The third kappa shape index (κ3) is 3.46. The molecule has 4 nitrogen and oxygen atoms in total. The van der Waals surface area contributed by atoms with E-state index in [1.807, 2.05) is 0 Å². The number of carbonyl (C=O) groups is 2. The Balaban J connectivity index is 2.32. The first kappa shape index (κ1) is 15.6. The van der Waals surface area contributed by atoms with Crippen LogP contribution in [0, 0.1) is 11.6 Å². The molecular weight excluding hydrogens is 290 g/mol. The van der Waals surface area contributed by atoms with Crippen molar-refractivity contribution in [3.05, 3.63) is 59.7 Å². The van der Waals surface area contributed by atoms with E-state index in [1.165, 1.54) is 43.1 Å². The maximum atomic E-state index is 13.4. The van der Waals surface area contributed by atoms with Gasteiger partial charge in [0.15, 0.2) is 0 Å². The van der Waals surface area contributed by atoms with Crippen molar-refractivity contribution in [2.75, 3.05) is 17.3 Å². The fourth-order valence-electron chi connectivity index (χ4n) is 1.87. The Kier molecular flexibility index (Phi) is 4.50. The third-order valence-corrected chi connectivity index (χ3v) is 3.15. The lowest BCUT2D eigenvalue weighted by molar-refractivity contribution is -0.116. The molecule has 114 valence electrons. The highest BCUT2D eigenvalue weighted by molar-refractivity contribution is 6.07. The second-order valence-electron chi connectivity index (χ2n) is 4.70. The summed E-state index contributed by atoms with van der Waals surface area (Å²) < 4.78 is 26.3. The van der Waals surface area contributed by atoms with Crippen molar-refractivity contribution in [2.45, 2.75) is 6.92 Å². The van der Waals surface area contributed by atoms with Crippen LogP contribution in [0.5, 0.6) is 0 Å². The summed E-state index contributed by atoms with van der Waals surface area (Å²) >= 11 is 0. The Hall–Kier alpha value is -2.76. The molecule has 0 aromatic heterocycles. The number of benzene rings is 2. The van der Waals surface area contributed by atoms with Gasteiger partial charge in [-0.2, -0.15) is 0 Å². The molecule has 0 bridgehead atoms. The van der Waals surface area contributed by atoms with Crippen molar-refractivity contribution in [3.63, 3.8) is 0 Å². The smallest absolute Gasteiger partial charge is 0.255 e. The Bertz CT molecular complexity index is 715. The van der Waals surface area contributed by atoms with Gasteiger partial charge in [-0.1, -0.05) is 0 Å². The Morgan fingerprint density at radius 2 is 1.59 bits per heavy atom. The number of rotatable bonds is 3. The molecule has 2 amide bonds. The number of nitrogens with zero attached hydrogens (tertiary/aromatic N) is 1. The van der Waals surface area contributed by atoms with E-state index in [-0.39, 0.29) is 17.2 Å². The monoisotopic (exact) mass is 304 g/mol. The molecule has 6 heteroatoms. The summed E-state index contributed by atoms with van der Waals surface area (Å²) in [4.78, 5) is 24.9. The second kappa shape index (κ2) is 6.34. The van der Waals surface area contributed by atoms with Crippen LogP contribution in [0.25, 0.3) is 0 Å². The molecular formula is C16H14F2N2O2. The number of amides is 2. The van der Waals surface area contributed by atoms with Gasteiger partial charge in [0.1, 0.15) is 11.6 Å². The summed E-state index contributed by atoms with van der Waals surface area (Å²) in [5.41, 5.74) is 0.749. The summed E-state index contributed by atoms with van der Waals surface area (Å²) in [6.45, 7) is 1.36. The highest BCUT2D eigenvalue weighted by Gasteiger charge is 2.15. The molecule has 2 aromatic carbocycles. The molecule has 0 atom stereocenters. The first-order valence-electron chi connectivity index (χ1n) is 6.49. The number of carbonyl (C=O) groups excluding carboxylic acids is 2. The van der Waals surface area contributed by atoms with E-state index >= 15 is 0 Å². The van der Waals surface area contributed by atoms with E-state index in [1.54, 1.807) is 0 Å². The molecule has 0 unspecified atom stereocenters. The quantitative estimate of drug-likeness (QED) is 0.946. The fraction of sp³-hybridized carbons (Fsp3) is 0.125.